The number of aliphatic hydroxyl groups excluding tert-OH is 3. The van der Waals surface area contributed by atoms with Crippen molar-refractivity contribution in [2.75, 3.05) is 25.2 Å². The highest BCUT2D eigenvalue weighted by Crippen LogP contribution is 2.33. The van der Waals surface area contributed by atoms with Crippen LogP contribution < -0.4 is 16.0 Å². The van der Waals surface area contributed by atoms with Gasteiger partial charge in [0.05, 0.1) is 50.9 Å². The SMILES string of the molecule is CC(C)N=c1cc2n(-c3ccc(Cl)cc3)c3ccccc3nc-2cc1Nc1ccc(Cl)cc1.CCC[C@@H]1C[C@@H](C(=O)N[C@@H]([C@H]2O[C@H](SC)[C@H](O)[C@@H](O)[C@H]2O)[C@H](C)Cl)N(C)C1. The Morgan fingerprint density at radius 2 is 1.63 bits per heavy atom. The maximum Gasteiger partial charge on any atom is 0.237 e. The van der Waals surface area contributed by atoms with Gasteiger partial charge in [-0.2, -0.15) is 0 Å². The molecule has 3 aromatic rings. The minimum atomic E-state index is -1.36. The van der Waals surface area contributed by atoms with Crippen LogP contribution in [0.5, 0.6) is 0 Å². The van der Waals surface area contributed by atoms with Gasteiger partial charge in [-0.1, -0.05) is 48.7 Å². The third kappa shape index (κ3) is 10.8. The highest BCUT2D eigenvalue weighted by molar-refractivity contribution is 7.99. The van der Waals surface area contributed by atoms with Crippen molar-refractivity contribution in [3.05, 3.63) is 100 Å². The molecule has 3 heterocycles. The number of ether oxygens (including phenoxy) is 1. The summed E-state index contributed by atoms with van der Waals surface area (Å²) in [5, 5.41) is 38.8. The number of halogens is 3. The number of nitrogens with one attached hydrogen (secondary N) is 2. The fourth-order valence-corrected chi connectivity index (χ4v) is 9.13. The van der Waals surface area contributed by atoms with Gasteiger partial charge in [0, 0.05) is 34.0 Å². The van der Waals surface area contributed by atoms with Gasteiger partial charge in [-0.3, -0.25) is 14.7 Å². The second-order valence-corrected chi connectivity index (χ2v) is 18.4. The Bertz CT molecular complexity index is 2240. The number of para-hydroxylation sites is 2. The van der Waals surface area contributed by atoms with E-state index in [0.717, 1.165) is 70.6 Å². The van der Waals surface area contributed by atoms with Crippen molar-refractivity contribution in [1.82, 2.24) is 19.8 Å². The van der Waals surface area contributed by atoms with Gasteiger partial charge in [0.25, 0.3) is 0 Å². The lowest BCUT2D eigenvalue weighted by Gasteiger charge is -2.44. The Hall–Kier alpha value is -3.43. The Morgan fingerprint density at radius 1 is 0.967 bits per heavy atom. The molecule has 11 nitrogen and oxygen atoms in total. The number of hydrogen-bond acceptors (Lipinski definition) is 10. The number of likely N-dealkylation sites (N-methyl/N-ethyl adjacent to an activating group) is 1. The minimum Gasteiger partial charge on any atom is -0.388 e. The van der Waals surface area contributed by atoms with Crippen LogP contribution in [0.2, 0.25) is 10.0 Å². The normalized spacial score (nSPS) is 24.6. The van der Waals surface area contributed by atoms with Crippen molar-refractivity contribution in [3.8, 4) is 17.1 Å². The van der Waals surface area contributed by atoms with E-state index in [1.807, 2.05) is 78.7 Å². The molecule has 0 spiro atoms. The number of benzene rings is 4. The summed E-state index contributed by atoms with van der Waals surface area (Å²) in [5.41, 5.74) is 5.89. The summed E-state index contributed by atoms with van der Waals surface area (Å²) in [6, 6.07) is 27.0. The van der Waals surface area contributed by atoms with Crippen LogP contribution in [0.15, 0.2) is 89.9 Å². The molecule has 15 heteroatoms. The first kappa shape index (κ1) is 46.1. The summed E-state index contributed by atoms with van der Waals surface area (Å²) >= 11 is 19.8. The van der Waals surface area contributed by atoms with Crippen LogP contribution in [-0.2, 0) is 9.53 Å². The van der Waals surface area contributed by atoms with E-state index >= 15 is 0 Å². The van der Waals surface area contributed by atoms with Crippen molar-refractivity contribution in [2.45, 2.75) is 100 Å². The number of carbonyl (C=O) groups excluding carboxylic acids is 1. The molecule has 5 N–H and O–H groups in total. The molecule has 0 radical (unpaired) electrons. The average molecular weight is 898 g/mol. The Balaban J connectivity index is 0.000000206. The minimum absolute atomic E-state index is 0.130. The first-order valence-electron chi connectivity index (χ1n) is 20.3. The highest BCUT2D eigenvalue weighted by Gasteiger charge is 2.48. The van der Waals surface area contributed by atoms with E-state index in [4.69, 9.17) is 49.5 Å². The van der Waals surface area contributed by atoms with Gasteiger partial charge in [-0.15, -0.1) is 23.4 Å². The van der Waals surface area contributed by atoms with Crippen LogP contribution >= 0.6 is 46.6 Å². The summed E-state index contributed by atoms with van der Waals surface area (Å²) < 4.78 is 8.00. The summed E-state index contributed by atoms with van der Waals surface area (Å²) in [4.78, 5) is 24.8. The molecule has 1 aliphatic carbocycles. The molecule has 3 aliphatic heterocycles. The van der Waals surface area contributed by atoms with Crippen LogP contribution in [0.25, 0.3) is 28.1 Å². The average Bonchev–Trinajstić information content (AvgIpc) is 3.59. The zero-order valence-corrected chi connectivity index (χ0v) is 37.8. The maximum atomic E-state index is 12.9. The molecule has 2 saturated heterocycles. The summed E-state index contributed by atoms with van der Waals surface area (Å²) in [6.45, 7) is 8.88. The molecule has 2 fully saturated rings. The number of fused-ring (bicyclic) bond motifs is 2. The number of alkyl halides is 1. The molecule has 60 heavy (non-hydrogen) atoms. The fourth-order valence-electron chi connectivity index (χ4n) is 8.00. The molecule has 0 saturated carbocycles. The molecule has 0 aromatic heterocycles. The van der Waals surface area contributed by atoms with Gasteiger partial charge in [0.1, 0.15) is 29.9 Å². The lowest BCUT2D eigenvalue weighted by atomic mass is 9.92. The number of nitrogens with zero attached hydrogens (tertiary/aromatic N) is 4. The van der Waals surface area contributed by atoms with Crippen molar-refractivity contribution >= 4 is 74.9 Å². The van der Waals surface area contributed by atoms with E-state index in [9.17, 15) is 20.1 Å². The van der Waals surface area contributed by atoms with Crippen LogP contribution in [-0.4, -0.2) is 109 Å². The molecular weight excluding hydrogens is 843 g/mol. The predicted molar refractivity (Wildman–Crippen MR) is 245 cm³/mol. The van der Waals surface area contributed by atoms with Gasteiger partial charge in [-0.05, 0) is 126 Å². The van der Waals surface area contributed by atoms with Crippen LogP contribution in [0.1, 0.15) is 47.0 Å². The Labute approximate surface area is 371 Å². The highest BCUT2D eigenvalue weighted by atomic mass is 35.5. The van der Waals surface area contributed by atoms with E-state index in [1.165, 1.54) is 11.8 Å². The van der Waals surface area contributed by atoms with Gasteiger partial charge in [-0.25, -0.2) is 4.98 Å². The second kappa shape index (κ2) is 20.6. The van der Waals surface area contributed by atoms with E-state index in [0.29, 0.717) is 16.0 Å². The number of carbonyl (C=O) groups is 1. The van der Waals surface area contributed by atoms with Gasteiger partial charge >= 0.3 is 0 Å². The second-order valence-electron chi connectivity index (χ2n) is 15.9. The number of thioether (sulfide) groups is 1. The van der Waals surface area contributed by atoms with Crippen LogP contribution in [0, 0.1) is 5.92 Å². The predicted octanol–water partition coefficient (Wildman–Crippen LogP) is 7.88. The van der Waals surface area contributed by atoms with E-state index in [2.05, 4.69) is 54.2 Å². The van der Waals surface area contributed by atoms with E-state index in [-0.39, 0.29) is 18.0 Å². The summed E-state index contributed by atoms with van der Waals surface area (Å²) in [6.07, 6.45) is -0.0980. The zero-order chi connectivity index (χ0) is 43.2. The topological polar surface area (TPSA) is 144 Å². The Morgan fingerprint density at radius 3 is 2.27 bits per heavy atom. The third-order valence-corrected chi connectivity index (χ3v) is 12.6. The first-order valence-corrected chi connectivity index (χ1v) is 22.8. The number of hydrogen-bond donors (Lipinski definition) is 5. The van der Waals surface area contributed by atoms with E-state index < -0.39 is 41.3 Å². The van der Waals surface area contributed by atoms with Gasteiger partial charge in [0.2, 0.25) is 5.91 Å². The lowest BCUT2D eigenvalue weighted by Crippen LogP contribution is -2.65. The number of likely N-dealkylation sites (tertiary alicyclic amines) is 1. The quantitative estimate of drug-likeness (QED) is 0.0661. The molecular formula is C45H55Cl3N6O5S. The maximum absolute atomic E-state index is 12.9. The summed E-state index contributed by atoms with van der Waals surface area (Å²) in [5.74, 6) is 0.350. The largest absolute Gasteiger partial charge is 0.388 e. The number of aromatic nitrogens is 2. The smallest absolute Gasteiger partial charge is 0.237 e. The van der Waals surface area contributed by atoms with Crippen molar-refractivity contribution in [1.29, 1.82) is 0 Å². The summed E-state index contributed by atoms with van der Waals surface area (Å²) in [7, 11) is 1.94. The number of aliphatic hydroxyl groups is 3. The number of anilines is 2. The van der Waals surface area contributed by atoms with E-state index in [1.54, 1.807) is 13.2 Å². The Kier molecular flexibility index (Phi) is 15.8. The molecule has 9 atom stereocenters. The molecule has 0 unspecified atom stereocenters. The van der Waals surface area contributed by atoms with Crippen molar-refractivity contribution < 1.29 is 24.9 Å². The van der Waals surface area contributed by atoms with Crippen LogP contribution in [0.4, 0.5) is 11.4 Å². The number of rotatable bonds is 11. The number of amides is 1. The third-order valence-electron chi connectivity index (χ3n) is 10.9. The monoisotopic (exact) mass is 896 g/mol. The molecule has 3 aromatic carbocycles. The zero-order valence-electron chi connectivity index (χ0n) is 34.7. The first-order chi connectivity index (χ1) is 28.7. The molecule has 7 rings (SSSR count). The standard InChI is InChI=1S/C27H22Cl2N4.C18H33ClN2O5S/c1-17(2)30-24-16-27-25(15-23(24)31-20-11-7-18(28)8-12-20)32-22-5-3-4-6-26(22)33(27)21-13-9-19(29)10-14-21;1-5-6-10-7-11(21(3)8-10)17(25)20-12(9(2)19)16-14(23)13(22)15(24)18(26-16)27-4/h3-17,31H,1-2H3;9-16,18,22-24H,5-8H2,1-4H3,(H,20,25)/t;9-,10+,11-,12+,13-,14+,15+,16+,18+/m.0/s1. The fraction of sp³-hybridized carbons (Fsp3) is 0.444. The van der Waals surface area contributed by atoms with Gasteiger partial charge in [0.15, 0.2) is 0 Å². The van der Waals surface area contributed by atoms with Crippen LogP contribution in [0.3, 0.4) is 0 Å². The van der Waals surface area contributed by atoms with Crippen molar-refractivity contribution in [2.24, 2.45) is 10.9 Å². The molecule has 4 aliphatic rings. The van der Waals surface area contributed by atoms with Crippen molar-refractivity contribution in [3.63, 3.8) is 0 Å². The lowest BCUT2D eigenvalue weighted by molar-refractivity contribution is -0.205. The molecule has 0 bridgehead atoms. The molecule has 322 valence electrons. The van der Waals surface area contributed by atoms with Gasteiger partial charge < -0.3 is 35.3 Å². The molecule has 1 amide bonds.